The van der Waals surface area contributed by atoms with E-state index in [2.05, 4.69) is 4.74 Å². The fraction of sp³-hybridized carbons (Fsp3) is 0.429. The van der Waals surface area contributed by atoms with Gasteiger partial charge in [0.15, 0.2) is 5.78 Å². The summed E-state index contributed by atoms with van der Waals surface area (Å²) in [4.78, 5) is 24.1. The summed E-state index contributed by atoms with van der Waals surface area (Å²) in [5, 5.41) is 29.0. The van der Waals surface area contributed by atoms with Crippen molar-refractivity contribution in [2.45, 2.75) is 18.9 Å². The molecule has 0 saturated heterocycles. The van der Waals surface area contributed by atoms with Crippen LogP contribution >= 0.6 is 0 Å². The third-order valence-electron chi connectivity index (χ3n) is 3.67. The van der Waals surface area contributed by atoms with Crippen LogP contribution in [-0.2, 0) is 9.53 Å². The number of hydrogen-bond donors (Lipinski definition) is 3. The lowest BCUT2D eigenvalue weighted by Crippen LogP contribution is -2.32. The largest absolute Gasteiger partial charge is 0.508 e. The smallest absolute Gasteiger partial charge is 0.309 e. The van der Waals surface area contributed by atoms with Gasteiger partial charge in [-0.15, -0.1) is 0 Å². The van der Waals surface area contributed by atoms with Gasteiger partial charge in [-0.2, -0.15) is 0 Å². The molecule has 1 fully saturated rings. The molecule has 0 radical (unpaired) electrons. The van der Waals surface area contributed by atoms with Crippen molar-refractivity contribution in [1.82, 2.24) is 0 Å². The van der Waals surface area contributed by atoms with Crippen molar-refractivity contribution in [1.29, 1.82) is 0 Å². The van der Waals surface area contributed by atoms with Crippen molar-refractivity contribution in [2.24, 2.45) is 11.8 Å². The zero-order chi connectivity index (χ0) is 14.9. The number of esters is 1. The van der Waals surface area contributed by atoms with E-state index in [9.17, 15) is 24.9 Å². The van der Waals surface area contributed by atoms with Gasteiger partial charge in [0.05, 0.1) is 30.6 Å². The molecule has 3 atom stereocenters. The Labute approximate surface area is 115 Å². The fourth-order valence-electron chi connectivity index (χ4n) is 2.65. The van der Waals surface area contributed by atoms with E-state index in [1.54, 1.807) is 0 Å². The lowest BCUT2D eigenvalue weighted by atomic mass is 9.86. The lowest BCUT2D eigenvalue weighted by Gasteiger charge is -2.19. The van der Waals surface area contributed by atoms with Gasteiger partial charge >= 0.3 is 5.97 Å². The molecule has 0 spiro atoms. The van der Waals surface area contributed by atoms with Crippen LogP contribution in [0, 0.1) is 11.8 Å². The Bertz CT molecular complexity index is 538. The highest BCUT2D eigenvalue weighted by Gasteiger charge is 2.45. The number of aliphatic hydroxyl groups excluding tert-OH is 1. The Hall–Kier alpha value is -2.08. The summed E-state index contributed by atoms with van der Waals surface area (Å²) in [5.74, 6) is -3.29. The van der Waals surface area contributed by atoms with Gasteiger partial charge in [-0.3, -0.25) is 9.59 Å². The van der Waals surface area contributed by atoms with Crippen molar-refractivity contribution >= 4 is 11.8 Å². The molecule has 1 aromatic rings. The normalized spacial score (nSPS) is 25.4. The molecule has 0 aliphatic heterocycles. The maximum Gasteiger partial charge on any atom is 0.309 e. The van der Waals surface area contributed by atoms with Crippen LogP contribution in [0.5, 0.6) is 11.5 Å². The second-order valence-corrected chi connectivity index (χ2v) is 4.87. The van der Waals surface area contributed by atoms with Crippen LogP contribution < -0.4 is 0 Å². The molecule has 6 nitrogen and oxygen atoms in total. The number of aliphatic hydroxyl groups is 1. The number of hydrogen-bond acceptors (Lipinski definition) is 6. The molecule has 0 unspecified atom stereocenters. The van der Waals surface area contributed by atoms with E-state index in [1.165, 1.54) is 19.2 Å². The second kappa shape index (κ2) is 5.50. The summed E-state index contributed by atoms with van der Waals surface area (Å²) in [6.45, 7) is 0. The van der Waals surface area contributed by atoms with Crippen LogP contribution in [0.1, 0.15) is 23.2 Å². The molecule has 1 aliphatic rings. The number of methoxy groups -OCH3 is 1. The van der Waals surface area contributed by atoms with Crippen LogP contribution in [-0.4, -0.2) is 40.3 Å². The van der Waals surface area contributed by atoms with Crippen LogP contribution in [0.3, 0.4) is 0 Å². The number of aromatic hydroxyl groups is 2. The maximum absolute atomic E-state index is 12.4. The SMILES string of the molecule is COC(=O)[C@H]1CC[C@H](O)[C@H]1C(=O)c1cc(O)ccc1O. The van der Waals surface area contributed by atoms with Gasteiger partial charge < -0.3 is 20.1 Å². The minimum Gasteiger partial charge on any atom is -0.508 e. The summed E-state index contributed by atoms with van der Waals surface area (Å²) < 4.78 is 4.64. The molecule has 1 saturated carbocycles. The highest BCUT2D eigenvalue weighted by molar-refractivity contribution is 6.03. The second-order valence-electron chi connectivity index (χ2n) is 4.87. The first kappa shape index (κ1) is 14.3. The fourth-order valence-corrected chi connectivity index (χ4v) is 2.65. The Morgan fingerprint density at radius 3 is 2.60 bits per heavy atom. The molecule has 20 heavy (non-hydrogen) atoms. The number of benzene rings is 1. The van der Waals surface area contributed by atoms with Crippen molar-refractivity contribution in [2.75, 3.05) is 7.11 Å². The van der Waals surface area contributed by atoms with E-state index in [-0.39, 0.29) is 17.1 Å². The molecular weight excluding hydrogens is 264 g/mol. The maximum atomic E-state index is 12.4. The molecular formula is C14H16O6. The minimum atomic E-state index is -0.964. The molecule has 2 rings (SSSR count). The molecule has 108 valence electrons. The molecule has 1 aromatic carbocycles. The molecule has 0 aromatic heterocycles. The minimum absolute atomic E-state index is 0.107. The van der Waals surface area contributed by atoms with Gasteiger partial charge in [-0.05, 0) is 31.0 Å². The van der Waals surface area contributed by atoms with Gasteiger partial charge in [-0.25, -0.2) is 0 Å². The zero-order valence-electron chi connectivity index (χ0n) is 10.9. The first-order chi connectivity index (χ1) is 9.45. The van der Waals surface area contributed by atoms with Crippen molar-refractivity contribution < 1.29 is 29.6 Å². The van der Waals surface area contributed by atoms with E-state index in [1.807, 2.05) is 0 Å². The summed E-state index contributed by atoms with van der Waals surface area (Å²) in [5.41, 5.74) is -0.107. The van der Waals surface area contributed by atoms with Gasteiger partial charge in [-0.1, -0.05) is 0 Å². The summed E-state index contributed by atoms with van der Waals surface area (Å²) in [7, 11) is 1.22. The molecule has 6 heteroatoms. The Kier molecular flexibility index (Phi) is 3.94. The third-order valence-corrected chi connectivity index (χ3v) is 3.67. The van der Waals surface area contributed by atoms with E-state index < -0.39 is 29.7 Å². The first-order valence-electron chi connectivity index (χ1n) is 6.27. The summed E-state index contributed by atoms with van der Waals surface area (Å²) in [6, 6.07) is 3.56. The van der Waals surface area contributed by atoms with Crippen molar-refractivity contribution in [3.05, 3.63) is 23.8 Å². The molecule has 0 heterocycles. The van der Waals surface area contributed by atoms with E-state index in [0.29, 0.717) is 12.8 Å². The van der Waals surface area contributed by atoms with Gasteiger partial charge in [0.25, 0.3) is 0 Å². The predicted octanol–water partition coefficient (Wildman–Crippen LogP) is 0.841. The summed E-state index contributed by atoms with van der Waals surface area (Å²) in [6.07, 6.45) is -0.298. The average molecular weight is 280 g/mol. The highest BCUT2D eigenvalue weighted by atomic mass is 16.5. The summed E-state index contributed by atoms with van der Waals surface area (Å²) >= 11 is 0. The third kappa shape index (κ3) is 2.46. The lowest BCUT2D eigenvalue weighted by molar-refractivity contribution is -0.146. The van der Waals surface area contributed by atoms with Gasteiger partial charge in [0.1, 0.15) is 11.5 Å². The van der Waals surface area contributed by atoms with Crippen LogP contribution in [0.25, 0.3) is 0 Å². The van der Waals surface area contributed by atoms with E-state index in [4.69, 9.17) is 0 Å². The quantitative estimate of drug-likeness (QED) is 0.430. The first-order valence-corrected chi connectivity index (χ1v) is 6.27. The van der Waals surface area contributed by atoms with Gasteiger partial charge in [0.2, 0.25) is 0 Å². The number of phenols is 2. The topological polar surface area (TPSA) is 104 Å². The average Bonchev–Trinajstić information content (AvgIpc) is 2.81. The number of Topliss-reactive ketones (excluding diaryl/α,β-unsaturated/α-hetero) is 1. The van der Waals surface area contributed by atoms with Crippen LogP contribution in [0.15, 0.2) is 18.2 Å². The van der Waals surface area contributed by atoms with Crippen LogP contribution in [0.4, 0.5) is 0 Å². The van der Waals surface area contributed by atoms with Crippen LogP contribution in [0.2, 0.25) is 0 Å². The van der Waals surface area contributed by atoms with E-state index >= 15 is 0 Å². The number of carbonyl (C=O) groups is 2. The standard InChI is InChI=1S/C14H16O6/c1-20-14(19)8-3-5-11(17)12(8)13(18)9-6-7(15)2-4-10(9)16/h2,4,6,8,11-12,15-17H,3,5H2,1H3/t8-,11-,12-/m0/s1. The number of phenolic OH excluding ortho intramolecular Hbond substituents is 2. The Balaban J connectivity index is 2.35. The van der Waals surface area contributed by atoms with E-state index in [0.717, 1.165) is 6.07 Å². The number of ether oxygens (including phenoxy) is 1. The molecule has 0 amide bonds. The highest BCUT2D eigenvalue weighted by Crippen LogP contribution is 2.37. The molecule has 0 bridgehead atoms. The zero-order valence-corrected chi connectivity index (χ0v) is 10.9. The molecule has 1 aliphatic carbocycles. The predicted molar refractivity (Wildman–Crippen MR) is 68.3 cm³/mol. The van der Waals surface area contributed by atoms with Crippen molar-refractivity contribution in [3.63, 3.8) is 0 Å². The monoisotopic (exact) mass is 280 g/mol. The Morgan fingerprint density at radius 2 is 1.95 bits per heavy atom. The molecule has 3 N–H and O–H groups in total. The number of ketones is 1. The van der Waals surface area contributed by atoms with Gasteiger partial charge in [0, 0.05) is 0 Å². The number of rotatable bonds is 3. The Morgan fingerprint density at radius 1 is 1.25 bits per heavy atom. The number of carbonyl (C=O) groups excluding carboxylic acids is 2. The van der Waals surface area contributed by atoms with Crippen molar-refractivity contribution in [3.8, 4) is 11.5 Å².